The van der Waals surface area contributed by atoms with Crippen LogP contribution in [-0.4, -0.2) is 45.0 Å². The van der Waals surface area contributed by atoms with Crippen molar-refractivity contribution in [2.24, 2.45) is 0 Å². The van der Waals surface area contributed by atoms with Gasteiger partial charge >= 0.3 is 0 Å². The number of methoxy groups -OCH3 is 2. The second-order valence-electron chi connectivity index (χ2n) is 4.42. The molecule has 2 aromatic rings. The van der Waals surface area contributed by atoms with Gasteiger partial charge in [-0.3, -0.25) is 4.79 Å². The zero-order valence-corrected chi connectivity index (χ0v) is 11.6. The van der Waals surface area contributed by atoms with E-state index in [2.05, 4.69) is 19.9 Å². The van der Waals surface area contributed by atoms with Gasteiger partial charge in [-0.2, -0.15) is 0 Å². The molecule has 1 aliphatic rings. The maximum atomic E-state index is 12.7. The molecule has 0 saturated heterocycles. The average Bonchev–Trinajstić information content (AvgIpc) is 2.97. The highest BCUT2D eigenvalue weighted by atomic mass is 16.5. The average molecular weight is 287 g/mol. The number of carbonyl (C=O) groups is 1. The number of carbonyl (C=O) groups excluding carboxylic acids is 1. The van der Waals surface area contributed by atoms with Crippen molar-refractivity contribution >= 4 is 5.91 Å². The first-order valence-corrected chi connectivity index (χ1v) is 6.24. The van der Waals surface area contributed by atoms with Crippen LogP contribution in [0.15, 0.2) is 18.9 Å². The van der Waals surface area contributed by atoms with E-state index in [-0.39, 0.29) is 23.2 Å². The predicted molar refractivity (Wildman–Crippen MR) is 70.7 cm³/mol. The molecule has 0 unspecified atom stereocenters. The lowest BCUT2D eigenvalue weighted by Gasteiger charge is -2.17. The first-order valence-electron chi connectivity index (χ1n) is 6.24. The third-order valence-corrected chi connectivity index (χ3v) is 3.25. The molecule has 0 fully saturated rings. The van der Waals surface area contributed by atoms with E-state index in [1.807, 2.05) is 0 Å². The maximum absolute atomic E-state index is 12.7. The molecule has 8 heteroatoms. The maximum Gasteiger partial charge on any atom is 0.265 e. The van der Waals surface area contributed by atoms with Gasteiger partial charge in [0.1, 0.15) is 12.7 Å². The fourth-order valence-corrected chi connectivity index (χ4v) is 2.25. The van der Waals surface area contributed by atoms with E-state index in [0.29, 0.717) is 13.1 Å². The van der Waals surface area contributed by atoms with Crippen LogP contribution in [0, 0.1) is 0 Å². The molecule has 8 nitrogen and oxygen atoms in total. The van der Waals surface area contributed by atoms with Crippen LogP contribution in [-0.2, 0) is 13.1 Å². The topological polar surface area (TPSA) is 90.3 Å². The van der Waals surface area contributed by atoms with Gasteiger partial charge in [0.05, 0.1) is 26.5 Å². The van der Waals surface area contributed by atoms with Crippen molar-refractivity contribution in [3.05, 3.63) is 35.7 Å². The van der Waals surface area contributed by atoms with Gasteiger partial charge in [0, 0.05) is 18.3 Å². The lowest BCUT2D eigenvalue weighted by atomic mass is 10.2. The summed E-state index contributed by atoms with van der Waals surface area (Å²) in [6.07, 6.45) is 4.48. The highest BCUT2D eigenvalue weighted by molar-refractivity contribution is 5.98. The van der Waals surface area contributed by atoms with E-state index in [1.165, 1.54) is 26.9 Å². The van der Waals surface area contributed by atoms with Crippen LogP contribution in [0.5, 0.6) is 11.8 Å². The molecule has 0 aromatic carbocycles. The van der Waals surface area contributed by atoms with Crippen molar-refractivity contribution in [2.75, 3.05) is 14.2 Å². The van der Waals surface area contributed by atoms with Gasteiger partial charge in [-0.1, -0.05) is 0 Å². The van der Waals surface area contributed by atoms with Gasteiger partial charge in [0.15, 0.2) is 5.56 Å². The number of rotatable bonds is 3. The summed E-state index contributed by atoms with van der Waals surface area (Å²) < 4.78 is 10.3. The normalized spacial score (nSPS) is 13.0. The highest BCUT2D eigenvalue weighted by Gasteiger charge is 2.30. The molecule has 0 bridgehead atoms. The summed E-state index contributed by atoms with van der Waals surface area (Å²) in [6, 6.07) is 0. The minimum Gasteiger partial charge on any atom is -0.480 e. The predicted octanol–water partition coefficient (Wildman–Crippen LogP) is 0.440. The molecular formula is C13H13N5O3. The van der Waals surface area contributed by atoms with Crippen molar-refractivity contribution in [1.82, 2.24) is 24.8 Å². The first kappa shape index (κ1) is 13.2. The van der Waals surface area contributed by atoms with Crippen LogP contribution < -0.4 is 9.47 Å². The van der Waals surface area contributed by atoms with Crippen LogP contribution in [0.3, 0.4) is 0 Å². The molecule has 0 N–H and O–H groups in total. The third kappa shape index (κ3) is 2.24. The van der Waals surface area contributed by atoms with Gasteiger partial charge in [-0.15, -0.1) is 0 Å². The molecule has 0 radical (unpaired) electrons. The summed E-state index contributed by atoms with van der Waals surface area (Å²) in [6.45, 7) is 0.855. The van der Waals surface area contributed by atoms with E-state index in [4.69, 9.17) is 9.47 Å². The summed E-state index contributed by atoms with van der Waals surface area (Å²) >= 11 is 0. The highest BCUT2D eigenvalue weighted by Crippen LogP contribution is 2.28. The molecule has 0 spiro atoms. The summed E-state index contributed by atoms with van der Waals surface area (Å²) in [5.74, 6) is 0.116. The minimum atomic E-state index is -0.262. The zero-order chi connectivity index (χ0) is 14.8. The smallest absolute Gasteiger partial charge is 0.265 e. The second kappa shape index (κ2) is 5.31. The summed E-state index contributed by atoms with van der Waals surface area (Å²) in [7, 11) is 2.89. The molecule has 3 heterocycles. The molecule has 21 heavy (non-hydrogen) atoms. The SMILES string of the molecule is COc1ncnc(OC)c1C(=O)N1Cc2cncnc2C1. The third-order valence-electron chi connectivity index (χ3n) is 3.25. The molecule has 1 amide bonds. The van der Waals surface area contributed by atoms with E-state index >= 15 is 0 Å². The van der Waals surface area contributed by atoms with E-state index in [9.17, 15) is 4.79 Å². The van der Waals surface area contributed by atoms with E-state index in [1.54, 1.807) is 11.1 Å². The first-order chi connectivity index (χ1) is 10.2. The van der Waals surface area contributed by atoms with Crippen molar-refractivity contribution in [1.29, 1.82) is 0 Å². The molecular weight excluding hydrogens is 274 g/mol. The molecule has 108 valence electrons. The molecule has 0 aliphatic carbocycles. The van der Waals surface area contributed by atoms with Crippen LogP contribution in [0.25, 0.3) is 0 Å². The fourth-order valence-electron chi connectivity index (χ4n) is 2.25. The minimum absolute atomic E-state index is 0.189. The quantitative estimate of drug-likeness (QED) is 0.809. The molecule has 0 saturated carbocycles. The van der Waals surface area contributed by atoms with Crippen molar-refractivity contribution < 1.29 is 14.3 Å². The molecule has 1 aliphatic heterocycles. The van der Waals surface area contributed by atoms with Crippen molar-refractivity contribution in [3.8, 4) is 11.8 Å². The Kier molecular flexibility index (Phi) is 3.35. The molecule has 3 rings (SSSR count). The summed E-state index contributed by atoms with van der Waals surface area (Å²) in [5.41, 5.74) is 1.98. The molecule has 2 aromatic heterocycles. The Morgan fingerprint density at radius 1 is 1.10 bits per heavy atom. The number of amides is 1. The summed E-state index contributed by atoms with van der Waals surface area (Å²) in [5, 5.41) is 0. The second-order valence-corrected chi connectivity index (χ2v) is 4.42. The van der Waals surface area contributed by atoms with E-state index in [0.717, 1.165) is 11.3 Å². The zero-order valence-electron chi connectivity index (χ0n) is 11.6. The standard InChI is InChI=1S/C13H13N5O3/c1-20-11-10(12(21-2)17-7-16-11)13(19)18-4-8-3-14-6-15-9(8)5-18/h3,6-7H,4-5H2,1-2H3. The van der Waals surface area contributed by atoms with Gasteiger partial charge in [-0.05, 0) is 0 Å². The van der Waals surface area contributed by atoms with E-state index < -0.39 is 0 Å². The Balaban J connectivity index is 1.94. The Labute approximate surface area is 120 Å². The van der Waals surface area contributed by atoms with Crippen LogP contribution in [0.1, 0.15) is 21.6 Å². The van der Waals surface area contributed by atoms with Crippen molar-refractivity contribution in [3.63, 3.8) is 0 Å². The lowest BCUT2D eigenvalue weighted by molar-refractivity contribution is 0.0741. The van der Waals surface area contributed by atoms with Crippen molar-refractivity contribution in [2.45, 2.75) is 13.1 Å². The number of hydrogen-bond donors (Lipinski definition) is 0. The largest absolute Gasteiger partial charge is 0.480 e. The van der Waals surface area contributed by atoms with Gasteiger partial charge in [-0.25, -0.2) is 19.9 Å². The molecule has 0 atom stereocenters. The Morgan fingerprint density at radius 3 is 2.43 bits per heavy atom. The number of ether oxygens (including phenoxy) is 2. The van der Waals surface area contributed by atoms with Crippen LogP contribution in [0.2, 0.25) is 0 Å². The number of aromatic nitrogens is 4. The Bertz CT molecular complexity index is 644. The Hall–Kier alpha value is -2.77. The van der Waals surface area contributed by atoms with Gasteiger partial charge < -0.3 is 14.4 Å². The lowest BCUT2D eigenvalue weighted by Crippen LogP contribution is -2.27. The fraction of sp³-hybridized carbons (Fsp3) is 0.308. The van der Waals surface area contributed by atoms with Gasteiger partial charge in [0.2, 0.25) is 11.8 Å². The number of nitrogens with zero attached hydrogens (tertiary/aromatic N) is 5. The van der Waals surface area contributed by atoms with Crippen LogP contribution in [0.4, 0.5) is 0 Å². The number of fused-ring (bicyclic) bond motifs is 1. The Morgan fingerprint density at radius 2 is 1.81 bits per heavy atom. The van der Waals surface area contributed by atoms with Gasteiger partial charge in [0.25, 0.3) is 5.91 Å². The summed E-state index contributed by atoms with van der Waals surface area (Å²) in [4.78, 5) is 30.4. The number of hydrogen-bond acceptors (Lipinski definition) is 7. The van der Waals surface area contributed by atoms with Crippen LogP contribution >= 0.6 is 0 Å². The monoisotopic (exact) mass is 287 g/mol.